The van der Waals surface area contributed by atoms with Gasteiger partial charge < -0.3 is 10.4 Å². The quantitative estimate of drug-likeness (QED) is 0.729. The number of allylic oxidation sites excluding steroid dienone is 1. The van der Waals surface area contributed by atoms with Crippen molar-refractivity contribution in [1.29, 1.82) is 0 Å². The summed E-state index contributed by atoms with van der Waals surface area (Å²) in [5.74, 6) is -1.67. The number of aliphatic hydroxyl groups excluding tert-OH is 1. The first kappa shape index (κ1) is 21.3. The molecule has 6 nitrogen and oxygen atoms in total. The Morgan fingerprint density at radius 3 is 2.50 bits per heavy atom. The number of carbonyl (C=O) groups excluding carboxylic acids is 3. The molecule has 0 fully saturated rings. The van der Waals surface area contributed by atoms with Crippen molar-refractivity contribution in [3.8, 4) is 0 Å². The number of nitrogens with zero attached hydrogens (tertiary/aromatic N) is 1. The topological polar surface area (TPSA) is 86.7 Å². The van der Waals surface area contributed by atoms with Crippen LogP contribution in [0.25, 0.3) is 6.08 Å². The summed E-state index contributed by atoms with van der Waals surface area (Å²) < 4.78 is 37.3. The van der Waals surface area contributed by atoms with Gasteiger partial charge in [0.1, 0.15) is 0 Å². The van der Waals surface area contributed by atoms with Crippen molar-refractivity contribution in [3.05, 3.63) is 70.3 Å². The minimum atomic E-state index is -4.47. The molecule has 0 saturated heterocycles. The summed E-state index contributed by atoms with van der Waals surface area (Å²) in [7, 11) is 0. The van der Waals surface area contributed by atoms with Crippen LogP contribution in [0.4, 0.5) is 18.9 Å². The van der Waals surface area contributed by atoms with Crippen LogP contribution < -0.4 is 5.32 Å². The molecule has 2 N–H and O–H groups in total. The number of amides is 3. The van der Waals surface area contributed by atoms with Gasteiger partial charge in [-0.05, 0) is 48.4 Å². The second-order valence-corrected chi connectivity index (χ2v) is 6.59. The van der Waals surface area contributed by atoms with E-state index in [2.05, 4.69) is 5.32 Å². The van der Waals surface area contributed by atoms with Gasteiger partial charge in [0.05, 0.1) is 24.3 Å². The molecule has 0 radical (unpaired) electrons. The average molecular weight is 418 g/mol. The van der Waals surface area contributed by atoms with Crippen LogP contribution in [0.1, 0.15) is 42.2 Å². The highest BCUT2D eigenvalue weighted by atomic mass is 19.4. The van der Waals surface area contributed by atoms with Crippen molar-refractivity contribution in [1.82, 2.24) is 4.90 Å². The summed E-state index contributed by atoms with van der Waals surface area (Å²) in [6, 6.07) is 8.61. The number of hydrogen-bond donors (Lipinski definition) is 2. The number of rotatable bonds is 5. The standard InChI is InChI=1S/C21H17F3N2O4/c1-12-13(7-8-21(22,23)24)3-2-4-15(12)18(28)25-14-5-6-16-17(11-14)20(30)26(9-10-27)19(16)29/h2-8,11,27H,9-10H2,1H3,(H,25,28)/b8-7+. The Hall–Kier alpha value is -3.46. The van der Waals surface area contributed by atoms with Crippen LogP contribution in [0.5, 0.6) is 0 Å². The fourth-order valence-corrected chi connectivity index (χ4v) is 3.13. The first-order chi connectivity index (χ1) is 14.1. The lowest BCUT2D eigenvalue weighted by atomic mass is 10.0. The number of hydrogen-bond acceptors (Lipinski definition) is 4. The maximum Gasteiger partial charge on any atom is 0.409 e. The highest BCUT2D eigenvalue weighted by Crippen LogP contribution is 2.27. The van der Waals surface area contributed by atoms with E-state index in [1.54, 1.807) is 0 Å². The van der Waals surface area contributed by atoms with Gasteiger partial charge in [-0.15, -0.1) is 0 Å². The first-order valence-electron chi connectivity index (χ1n) is 8.90. The first-order valence-corrected chi connectivity index (χ1v) is 8.90. The second-order valence-electron chi connectivity index (χ2n) is 6.59. The van der Waals surface area contributed by atoms with Gasteiger partial charge in [0.2, 0.25) is 0 Å². The molecule has 9 heteroatoms. The molecule has 0 bridgehead atoms. The van der Waals surface area contributed by atoms with Gasteiger partial charge in [0.25, 0.3) is 17.7 Å². The number of nitrogens with one attached hydrogen (secondary N) is 1. The zero-order chi connectivity index (χ0) is 22.1. The molecule has 1 aliphatic rings. The number of alkyl halides is 3. The van der Waals surface area contributed by atoms with E-state index in [1.807, 2.05) is 0 Å². The lowest BCUT2D eigenvalue weighted by Crippen LogP contribution is -2.32. The van der Waals surface area contributed by atoms with Gasteiger partial charge in [0.15, 0.2) is 0 Å². The third-order valence-electron chi connectivity index (χ3n) is 4.62. The fourth-order valence-electron chi connectivity index (χ4n) is 3.13. The van der Waals surface area contributed by atoms with Gasteiger partial charge in [-0.2, -0.15) is 13.2 Å². The molecule has 3 rings (SSSR count). The second kappa shape index (κ2) is 8.11. The Morgan fingerprint density at radius 1 is 1.13 bits per heavy atom. The molecule has 1 aliphatic heterocycles. The van der Waals surface area contributed by atoms with Crippen LogP contribution >= 0.6 is 0 Å². The number of β-amino-alcohol motifs (C(OH)–C–C–N with tert-alkyl or cyclic N) is 1. The van der Waals surface area contributed by atoms with Crippen LogP contribution in [0.15, 0.2) is 42.5 Å². The summed E-state index contributed by atoms with van der Waals surface area (Å²) in [5.41, 5.74) is 1.30. The molecular formula is C21H17F3N2O4. The summed E-state index contributed by atoms with van der Waals surface area (Å²) in [4.78, 5) is 38.1. The summed E-state index contributed by atoms with van der Waals surface area (Å²) in [6.07, 6.45) is -3.48. The molecule has 2 aromatic carbocycles. The van der Waals surface area contributed by atoms with E-state index < -0.39 is 23.9 Å². The van der Waals surface area contributed by atoms with Crippen molar-refractivity contribution in [2.24, 2.45) is 0 Å². The number of aliphatic hydroxyl groups is 1. The lowest BCUT2D eigenvalue weighted by molar-refractivity contribution is -0.0790. The SMILES string of the molecule is Cc1c(/C=C/C(F)(F)F)cccc1C(=O)Nc1ccc2c(c1)C(=O)N(CCO)C2=O. The van der Waals surface area contributed by atoms with E-state index >= 15 is 0 Å². The molecule has 3 amide bonds. The molecule has 0 spiro atoms. The van der Waals surface area contributed by atoms with Crippen molar-refractivity contribution in [3.63, 3.8) is 0 Å². The third kappa shape index (κ3) is 4.25. The molecule has 0 atom stereocenters. The number of anilines is 1. The van der Waals surface area contributed by atoms with Gasteiger partial charge in [-0.3, -0.25) is 19.3 Å². The van der Waals surface area contributed by atoms with Crippen LogP contribution in [0, 0.1) is 6.92 Å². The van der Waals surface area contributed by atoms with Crippen molar-refractivity contribution < 1.29 is 32.7 Å². The largest absolute Gasteiger partial charge is 0.409 e. The van der Waals surface area contributed by atoms with Gasteiger partial charge >= 0.3 is 6.18 Å². The fraction of sp³-hybridized carbons (Fsp3) is 0.190. The van der Waals surface area contributed by atoms with Crippen LogP contribution in [0.2, 0.25) is 0 Å². The van der Waals surface area contributed by atoms with Crippen molar-refractivity contribution in [2.75, 3.05) is 18.5 Å². The number of benzene rings is 2. The normalized spacial score (nSPS) is 13.8. The predicted molar refractivity (Wildman–Crippen MR) is 103 cm³/mol. The molecule has 2 aromatic rings. The van der Waals surface area contributed by atoms with Gasteiger partial charge in [-0.1, -0.05) is 12.1 Å². The molecule has 0 aliphatic carbocycles. The van der Waals surface area contributed by atoms with Crippen LogP contribution in [0.3, 0.4) is 0 Å². The number of halogens is 3. The summed E-state index contributed by atoms with van der Waals surface area (Å²) in [5, 5.41) is 11.6. The maximum atomic E-state index is 12.6. The monoisotopic (exact) mass is 418 g/mol. The summed E-state index contributed by atoms with van der Waals surface area (Å²) in [6.45, 7) is 1.03. The maximum absolute atomic E-state index is 12.6. The van der Waals surface area contributed by atoms with Crippen LogP contribution in [-0.2, 0) is 0 Å². The zero-order valence-corrected chi connectivity index (χ0v) is 15.8. The Labute approximate surface area is 169 Å². The van der Waals surface area contributed by atoms with E-state index in [-0.39, 0.29) is 47.2 Å². The predicted octanol–water partition coefficient (Wildman–Crippen LogP) is 3.41. The van der Waals surface area contributed by atoms with E-state index in [1.165, 1.54) is 43.3 Å². The number of fused-ring (bicyclic) bond motifs is 1. The molecule has 0 aromatic heterocycles. The summed E-state index contributed by atoms with van der Waals surface area (Å²) >= 11 is 0. The Morgan fingerprint density at radius 2 is 1.83 bits per heavy atom. The van der Waals surface area contributed by atoms with Gasteiger partial charge in [0, 0.05) is 17.3 Å². The molecular weight excluding hydrogens is 401 g/mol. The van der Waals surface area contributed by atoms with E-state index in [0.717, 1.165) is 11.0 Å². The molecule has 0 saturated carbocycles. The minimum Gasteiger partial charge on any atom is -0.395 e. The average Bonchev–Trinajstić information content (AvgIpc) is 2.91. The molecule has 1 heterocycles. The molecule has 0 unspecified atom stereocenters. The number of carbonyl (C=O) groups is 3. The van der Waals surface area contributed by atoms with Crippen molar-refractivity contribution in [2.45, 2.75) is 13.1 Å². The Kier molecular flexibility index (Phi) is 5.75. The Bertz CT molecular complexity index is 1060. The lowest BCUT2D eigenvalue weighted by Gasteiger charge is -2.11. The van der Waals surface area contributed by atoms with Crippen LogP contribution in [-0.4, -0.2) is 47.1 Å². The van der Waals surface area contributed by atoms with Crippen molar-refractivity contribution >= 4 is 29.5 Å². The zero-order valence-electron chi connectivity index (χ0n) is 15.8. The highest BCUT2D eigenvalue weighted by Gasteiger charge is 2.35. The molecule has 156 valence electrons. The third-order valence-corrected chi connectivity index (χ3v) is 4.62. The molecule has 30 heavy (non-hydrogen) atoms. The van der Waals surface area contributed by atoms with E-state index in [0.29, 0.717) is 5.56 Å². The smallest absolute Gasteiger partial charge is 0.395 e. The van der Waals surface area contributed by atoms with E-state index in [9.17, 15) is 27.6 Å². The minimum absolute atomic E-state index is 0.0955. The van der Waals surface area contributed by atoms with E-state index in [4.69, 9.17) is 5.11 Å². The number of imide groups is 1. The van der Waals surface area contributed by atoms with Gasteiger partial charge in [-0.25, -0.2) is 0 Å². The highest BCUT2D eigenvalue weighted by molar-refractivity contribution is 6.22. The Balaban J connectivity index is 1.84.